The average molecular weight is 157 g/mol. The third-order valence-electron chi connectivity index (χ3n) is 1.90. The molecule has 1 aliphatic rings. The third-order valence-corrected chi connectivity index (χ3v) is 1.90. The van der Waals surface area contributed by atoms with Crippen LogP contribution in [0.15, 0.2) is 0 Å². The number of carbonyl (C=O) groups is 2. The lowest BCUT2D eigenvalue weighted by Gasteiger charge is -2.10. The minimum absolute atomic E-state index is 0.0760. The summed E-state index contributed by atoms with van der Waals surface area (Å²) in [4.78, 5) is 21.7. The van der Waals surface area contributed by atoms with Crippen LogP contribution in [-0.4, -0.2) is 25.0 Å². The van der Waals surface area contributed by atoms with Crippen LogP contribution in [0.3, 0.4) is 0 Å². The van der Waals surface area contributed by atoms with E-state index in [2.05, 4.69) is 10.1 Å². The minimum atomic E-state index is -0.309. The van der Waals surface area contributed by atoms with E-state index >= 15 is 0 Å². The van der Waals surface area contributed by atoms with E-state index in [-0.39, 0.29) is 30.3 Å². The molecule has 0 unspecified atom stereocenters. The monoisotopic (exact) mass is 157 g/mol. The minimum Gasteiger partial charge on any atom is -0.469 e. The van der Waals surface area contributed by atoms with Gasteiger partial charge >= 0.3 is 5.97 Å². The van der Waals surface area contributed by atoms with Gasteiger partial charge < -0.3 is 10.1 Å². The second kappa shape index (κ2) is 2.90. The molecule has 4 nitrogen and oxygen atoms in total. The van der Waals surface area contributed by atoms with Crippen LogP contribution >= 0.6 is 0 Å². The number of rotatable bonds is 1. The lowest BCUT2D eigenvalue weighted by atomic mass is 10.0. The Morgan fingerprint density at radius 1 is 1.73 bits per heavy atom. The molecule has 11 heavy (non-hydrogen) atoms. The van der Waals surface area contributed by atoms with Crippen molar-refractivity contribution in [2.45, 2.75) is 19.4 Å². The van der Waals surface area contributed by atoms with Crippen LogP contribution in [0.1, 0.15) is 13.3 Å². The predicted octanol–water partition coefficient (Wildman–Crippen LogP) is -0.316. The topological polar surface area (TPSA) is 55.4 Å². The van der Waals surface area contributed by atoms with Crippen molar-refractivity contribution in [3.8, 4) is 0 Å². The number of ether oxygens (including phenoxy) is 1. The number of nitrogens with one attached hydrogen (secondary N) is 1. The van der Waals surface area contributed by atoms with Crippen molar-refractivity contribution >= 4 is 11.9 Å². The third kappa shape index (κ3) is 1.50. The second-order valence-corrected chi connectivity index (χ2v) is 2.69. The van der Waals surface area contributed by atoms with Crippen molar-refractivity contribution < 1.29 is 14.3 Å². The highest BCUT2D eigenvalue weighted by atomic mass is 16.5. The molecule has 62 valence electrons. The Morgan fingerprint density at radius 3 is 2.73 bits per heavy atom. The summed E-state index contributed by atoms with van der Waals surface area (Å²) in [5.74, 6) is -0.684. The van der Waals surface area contributed by atoms with Gasteiger partial charge in [0, 0.05) is 12.5 Å². The van der Waals surface area contributed by atoms with Crippen LogP contribution < -0.4 is 5.32 Å². The Bertz CT molecular complexity index is 190. The number of amides is 1. The van der Waals surface area contributed by atoms with E-state index in [9.17, 15) is 9.59 Å². The van der Waals surface area contributed by atoms with Crippen molar-refractivity contribution in [2.24, 2.45) is 5.92 Å². The summed E-state index contributed by atoms with van der Waals surface area (Å²) in [5, 5.41) is 2.64. The Hall–Kier alpha value is -1.06. The largest absolute Gasteiger partial charge is 0.469 e. The first kappa shape index (κ1) is 8.04. The summed E-state index contributed by atoms with van der Waals surface area (Å²) in [6.07, 6.45) is 0.258. The van der Waals surface area contributed by atoms with Crippen molar-refractivity contribution in [2.75, 3.05) is 7.11 Å². The van der Waals surface area contributed by atoms with E-state index in [1.807, 2.05) is 0 Å². The van der Waals surface area contributed by atoms with Crippen molar-refractivity contribution in [1.82, 2.24) is 5.32 Å². The van der Waals surface area contributed by atoms with Crippen LogP contribution in [0.25, 0.3) is 0 Å². The summed E-state index contributed by atoms with van der Waals surface area (Å²) in [5.41, 5.74) is 0. The Morgan fingerprint density at radius 2 is 2.36 bits per heavy atom. The number of hydrogen-bond acceptors (Lipinski definition) is 3. The molecule has 0 aliphatic carbocycles. The maximum atomic E-state index is 11.0. The summed E-state index contributed by atoms with van der Waals surface area (Å²) < 4.78 is 4.52. The van der Waals surface area contributed by atoms with E-state index in [0.29, 0.717) is 0 Å². The Labute approximate surface area is 64.9 Å². The molecule has 0 aromatic heterocycles. The fraction of sp³-hybridized carbons (Fsp3) is 0.714. The SMILES string of the molecule is COC(=O)[C@@H]1CC(=O)N[C@@H]1C. The zero-order valence-corrected chi connectivity index (χ0v) is 6.59. The number of carbonyl (C=O) groups excluding carboxylic acids is 2. The van der Waals surface area contributed by atoms with Crippen LogP contribution in [0.4, 0.5) is 0 Å². The second-order valence-electron chi connectivity index (χ2n) is 2.69. The number of esters is 1. The molecule has 4 heteroatoms. The van der Waals surface area contributed by atoms with Gasteiger partial charge in [-0.2, -0.15) is 0 Å². The quantitative estimate of drug-likeness (QED) is 0.531. The van der Waals surface area contributed by atoms with E-state index in [1.165, 1.54) is 7.11 Å². The molecule has 0 bridgehead atoms. The van der Waals surface area contributed by atoms with Gasteiger partial charge in [-0.15, -0.1) is 0 Å². The molecule has 0 radical (unpaired) electrons. The first-order valence-electron chi connectivity index (χ1n) is 3.52. The molecule has 0 spiro atoms. The van der Waals surface area contributed by atoms with Crippen LogP contribution in [0.5, 0.6) is 0 Å². The first-order valence-corrected chi connectivity index (χ1v) is 3.52. The molecular formula is C7H11NO3. The van der Waals surface area contributed by atoms with Crippen LogP contribution in [-0.2, 0) is 14.3 Å². The van der Waals surface area contributed by atoms with Crippen LogP contribution in [0.2, 0.25) is 0 Å². The summed E-state index contributed by atoms with van der Waals surface area (Å²) >= 11 is 0. The molecule has 0 saturated carbocycles. The number of methoxy groups -OCH3 is 1. The van der Waals surface area contributed by atoms with E-state index in [4.69, 9.17) is 0 Å². The lowest BCUT2D eigenvalue weighted by Crippen LogP contribution is -2.29. The molecule has 0 aromatic rings. The molecule has 1 amide bonds. The van der Waals surface area contributed by atoms with Crippen LogP contribution in [0, 0.1) is 5.92 Å². The average Bonchev–Trinajstić information content (AvgIpc) is 2.28. The highest BCUT2D eigenvalue weighted by Gasteiger charge is 2.35. The van der Waals surface area contributed by atoms with Gasteiger partial charge in [0.25, 0.3) is 0 Å². The van der Waals surface area contributed by atoms with E-state index in [1.54, 1.807) is 6.92 Å². The molecular weight excluding hydrogens is 146 g/mol. The van der Waals surface area contributed by atoms with Crippen molar-refractivity contribution in [1.29, 1.82) is 0 Å². The van der Waals surface area contributed by atoms with Crippen molar-refractivity contribution in [3.05, 3.63) is 0 Å². The van der Waals surface area contributed by atoms with Gasteiger partial charge in [-0.3, -0.25) is 9.59 Å². The van der Waals surface area contributed by atoms with Gasteiger partial charge in [0.15, 0.2) is 0 Å². The smallest absolute Gasteiger partial charge is 0.311 e. The highest BCUT2D eigenvalue weighted by Crippen LogP contribution is 2.16. The number of hydrogen-bond donors (Lipinski definition) is 1. The highest BCUT2D eigenvalue weighted by molar-refractivity contribution is 5.87. The van der Waals surface area contributed by atoms with Gasteiger partial charge in [0.2, 0.25) is 5.91 Å². The Balaban J connectivity index is 2.59. The maximum Gasteiger partial charge on any atom is 0.311 e. The molecule has 1 rings (SSSR count). The van der Waals surface area contributed by atoms with Crippen molar-refractivity contribution in [3.63, 3.8) is 0 Å². The molecule has 2 atom stereocenters. The molecule has 1 N–H and O–H groups in total. The Kier molecular flexibility index (Phi) is 2.12. The van der Waals surface area contributed by atoms with E-state index < -0.39 is 0 Å². The summed E-state index contributed by atoms with van der Waals surface area (Å²) in [6, 6.07) is -0.0880. The van der Waals surface area contributed by atoms with Gasteiger partial charge in [0.1, 0.15) is 0 Å². The summed E-state index contributed by atoms with van der Waals surface area (Å²) in [7, 11) is 1.33. The zero-order valence-electron chi connectivity index (χ0n) is 6.59. The van der Waals surface area contributed by atoms with Gasteiger partial charge in [-0.05, 0) is 6.92 Å². The molecule has 0 aromatic carbocycles. The van der Waals surface area contributed by atoms with Gasteiger partial charge in [-0.25, -0.2) is 0 Å². The lowest BCUT2D eigenvalue weighted by molar-refractivity contribution is -0.146. The normalized spacial score (nSPS) is 29.8. The first-order chi connectivity index (χ1) is 5.15. The fourth-order valence-corrected chi connectivity index (χ4v) is 1.23. The molecule has 1 saturated heterocycles. The predicted molar refractivity (Wildman–Crippen MR) is 37.7 cm³/mol. The van der Waals surface area contributed by atoms with E-state index in [0.717, 1.165) is 0 Å². The molecule has 1 heterocycles. The van der Waals surface area contributed by atoms with Gasteiger partial charge in [-0.1, -0.05) is 0 Å². The summed E-state index contributed by atoms with van der Waals surface area (Å²) in [6.45, 7) is 1.80. The van der Waals surface area contributed by atoms with Gasteiger partial charge in [0.05, 0.1) is 13.0 Å². The standard InChI is InChI=1S/C7H11NO3/c1-4-5(7(10)11-2)3-6(9)8-4/h4-5H,3H2,1-2H3,(H,8,9)/t4-,5-/m1/s1. The maximum absolute atomic E-state index is 11.0. The molecule has 1 aliphatic heterocycles. The zero-order chi connectivity index (χ0) is 8.43. The molecule has 1 fully saturated rings. The fourth-order valence-electron chi connectivity index (χ4n) is 1.23.